The lowest BCUT2D eigenvalue weighted by atomic mass is 9.82. The lowest BCUT2D eigenvalue weighted by Gasteiger charge is -2.31. The SMILES string of the molecule is CCOC(=O)COc1ccc(Cl)cc1[C@@H]1c2sc(=O)[nH]c2S[C@H]2C(=O)N(c3ccc(Cl)cc3)C(=O)[C@@H]12. The number of nitrogens with one attached hydrogen (secondary N) is 1. The zero-order chi connectivity index (χ0) is 25.6. The van der Waals surface area contributed by atoms with Gasteiger partial charge in [-0.25, -0.2) is 9.69 Å². The number of thioether (sulfide) groups is 1. The Kier molecular flexibility index (Phi) is 6.86. The number of halogens is 2. The Morgan fingerprint density at radius 3 is 2.50 bits per heavy atom. The van der Waals surface area contributed by atoms with E-state index in [2.05, 4.69) is 4.98 Å². The number of aromatic amines is 1. The first-order chi connectivity index (χ1) is 17.3. The molecule has 2 aliphatic rings. The number of anilines is 1. The molecule has 0 aliphatic carbocycles. The van der Waals surface area contributed by atoms with E-state index < -0.39 is 34.9 Å². The maximum absolute atomic E-state index is 13.8. The van der Waals surface area contributed by atoms with Crippen LogP contribution in [-0.2, 0) is 19.1 Å². The smallest absolute Gasteiger partial charge is 0.344 e. The molecule has 2 aliphatic heterocycles. The predicted octanol–water partition coefficient (Wildman–Crippen LogP) is 4.48. The van der Waals surface area contributed by atoms with Crippen LogP contribution in [0.2, 0.25) is 10.0 Å². The van der Waals surface area contributed by atoms with Gasteiger partial charge in [0.2, 0.25) is 11.8 Å². The van der Waals surface area contributed by atoms with Crippen LogP contribution < -0.4 is 14.5 Å². The van der Waals surface area contributed by atoms with Crippen molar-refractivity contribution in [1.29, 1.82) is 0 Å². The fraction of sp³-hybridized carbons (Fsp3) is 0.250. The number of hydrogen-bond acceptors (Lipinski definition) is 8. The van der Waals surface area contributed by atoms with Crippen LogP contribution >= 0.6 is 46.3 Å². The zero-order valence-electron chi connectivity index (χ0n) is 18.7. The molecule has 0 spiro atoms. The maximum atomic E-state index is 13.8. The van der Waals surface area contributed by atoms with E-state index >= 15 is 0 Å². The number of imide groups is 1. The molecule has 3 aromatic rings. The van der Waals surface area contributed by atoms with Crippen molar-refractivity contribution >= 4 is 69.8 Å². The van der Waals surface area contributed by atoms with E-state index in [0.717, 1.165) is 28.0 Å². The number of esters is 1. The zero-order valence-corrected chi connectivity index (χ0v) is 21.8. The fourth-order valence-corrected chi connectivity index (χ4v) is 7.24. The molecule has 1 fully saturated rings. The van der Waals surface area contributed by atoms with Crippen LogP contribution in [0.1, 0.15) is 23.3 Å². The molecule has 1 N–H and O–H groups in total. The number of carbonyl (C=O) groups excluding carboxylic acids is 3. The lowest BCUT2D eigenvalue weighted by Crippen LogP contribution is -2.32. The Labute approximate surface area is 223 Å². The van der Waals surface area contributed by atoms with Crippen molar-refractivity contribution in [1.82, 2.24) is 4.98 Å². The van der Waals surface area contributed by atoms with E-state index in [1.807, 2.05) is 0 Å². The molecule has 5 rings (SSSR count). The van der Waals surface area contributed by atoms with Gasteiger partial charge in [0.25, 0.3) is 0 Å². The first kappa shape index (κ1) is 24.9. The average Bonchev–Trinajstić information content (AvgIpc) is 3.33. The number of aromatic nitrogens is 1. The summed E-state index contributed by atoms with van der Waals surface area (Å²) in [5, 5.41) is 0.586. The summed E-state index contributed by atoms with van der Waals surface area (Å²) in [6.45, 7) is 1.55. The molecule has 12 heteroatoms. The van der Waals surface area contributed by atoms with Gasteiger partial charge in [0.1, 0.15) is 11.0 Å². The standard InChI is InChI=1S/C24H18Cl2N2O6S2/c1-2-33-16(29)10-34-15-8-5-12(26)9-14(15)17-18-20(35-21-19(17)36-24(32)27-21)23(31)28(22(18)30)13-6-3-11(25)4-7-13/h3-9,17-18,20H,2,10H2,1H3,(H,27,32)/t17-,18-,20+/m0/s1. The molecule has 0 bridgehead atoms. The second-order valence-electron chi connectivity index (χ2n) is 8.01. The van der Waals surface area contributed by atoms with Crippen LogP contribution in [0.5, 0.6) is 5.75 Å². The van der Waals surface area contributed by atoms with Crippen LogP contribution in [0.4, 0.5) is 5.69 Å². The summed E-state index contributed by atoms with van der Waals surface area (Å²) in [5.41, 5.74) is 0.905. The molecule has 2 aromatic carbocycles. The molecule has 0 saturated carbocycles. The van der Waals surface area contributed by atoms with Crippen LogP contribution in [0.15, 0.2) is 52.3 Å². The summed E-state index contributed by atoms with van der Waals surface area (Å²) in [6.07, 6.45) is 0. The Balaban J connectivity index is 1.61. The topological polar surface area (TPSA) is 106 Å². The van der Waals surface area contributed by atoms with Gasteiger partial charge in [0, 0.05) is 26.4 Å². The van der Waals surface area contributed by atoms with E-state index in [9.17, 15) is 19.2 Å². The first-order valence-electron chi connectivity index (χ1n) is 10.9. The minimum Gasteiger partial charge on any atom is -0.482 e. The van der Waals surface area contributed by atoms with Crippen molar-refractivity contribution < 1.29 is 23.9 Å². The van der Waals surface area contributed by atoms with Gasteiger partial charge >= 0.3 is 10.8 Å². The number of carbonyl (C=O) groups is 3. The van der Waals surface area contributed by atoms with Crippen molar-refractivity contribution in [2.24, 2.45) is 5.92 Å². The molecule has 0 unspecified atom stereocenters. The van der Waals surface area contributed by atoms with Crippen LogP contribution in [-0.4, -0.2) is 41.2 Å². The van der Waals surface area contributed by atoms with Gasteiger partial charge in [-0.05, 0) is 49.4 Å². The highest BCUT2D eigenvalue weighted by Gasteiger charge is 2.56. The van der Waals surface area contributed by atoms with Crippen molar-refractivity contribution in [3.63, 3.8) is 0 Å². The van der Waals surface area contributed by atoms with E-state index in [-0.39, 0.29) is 18.1 Å². The minimum absolute atomic E-state index is 0.205. The number of fused-ring (bicyclic) bond motifs is 2. The van der Waals surface area contributed by atoms with Crippen LogP contribution in [0.25, 0.3) is 0 Å². The maximum Gasteiger partial charge on any atom is 0.344 e. The van der Waals surface area contributed by atoms with Crippen molar-refractivity contribution in [2.75, 3.05) is 18.1 Å². The Morgan fingerprint density at radius 1 is 1.06 bits per heavy atom. The summed E-state index contributed by atoms with van der Waals surface area (Å²) in [6, 6.07) is 11.3. The molecule has 0 radical (unpaired) electrons. The molecule has 1 saturated heterocycles. The summed E-state index contributed by atoms with van der Waals surface area (Å²) in [4.78, 5) is 55.8. The van der Waals surface area contributed by atoms with Gasteiger partial charge in [-0.15, -0.1) is 0 Å². The van der Waals surface area contributed by atoms with Crippen LogP contribution in [0, 0.1) is 5.92 Å². The van der Waals surface area contributed by atoms with E-state index in [1.54, 1.807) is 49.4 Å². The number of H-pyrrole nitrogens is 1. The molecular formula is C24H18Cl2N2O6S2. The van der Waals surface area contributed by atoms with Gasteiger partial charge in [-0.1, -0.05) is 46.3 Å². The molecule has 186 valence electrons. The molecule has 36 heavy (non-hydrogen) atoms. The highest BCUT2D eigenvalue weighted by Crippen LogP contribution is 2.54. The summed E-state index contributed by atoms with van der Waals surface area (Å²) in [7, 11) is 0. The number of ether oxygens (including phenoxy) is 2. The van der Waals surface area contributed by atoms with Crippen molar-refractivity contribution in [3.8, 4) is 5.75 Å². The Hall–Kier alpha value is -2.79. The van der Waals surface area contributed by atoms with Gasteiger partial charge in [-0.3, -0.25) is 14.4 Å². The quantitative estimate of drug-likeness (QED) is 0.347. The van der Waals surface area contributed by atoms with Gasteiger partial charge < -0.3 is 14.5 Å². The highest BCUT2D eigenvalue weighted by molar-refractivity contribution is 8.00. The first-order valence-corrected chi connectivity index (χ1v) is 13.3. The van der Waals surface area contributed by atoms with Crippen molar-refractivity contribution in [2.45, 2.75) is 23.1 Å². The normalized spacial score (nSPS) is 20.8. The molecular weight excluding hydrogens is 547 g/mol. The number of benzene rings is 2. The monoisotopic (exact) mass is 564 g/mol. The highest BCUT2D eigenvalue weighted by atomic mass is 35.5. The van der Waals surface area contributed by atoms with Gasteiger partial charge in [0.15, 0.2) is 6.61 Å². The third kappa shape index (κ3) is 4.43. The second-order valence-corrected chi connectivity index (χ2v) is 11.1. The number of rotatable bonds is 6. The number of nitrogens with zero attached hydrogens (tertiary/aromatic N) is 1. The fourth-order valence-electron chi connectivity index (χ4n) is 4.43. The van der Waals surface area contributed by atoms with E-state index in [0.29, 0.717) is 36.9 Å². The largest absolute Gasteiger partial charge is 0.482 e. The molecule has 2 amide bonds. The van der Waals surface area contributed by atoms with E-state index in [1.165, 1.54) is 0 Å². The number of hydrogen-bond donors (Lipinski definition) is 1. The molecule has 3 atom stereocenters. The average molecular weight is 565 g/mol. The lowest BCUT2D eigenvalue weighted by molar-refractivity contribution is -0.145. The van der Waals surface area contributed by atoms with Crippen molar-refractivity contribution in [3.05, 3.63) is 72.6 Å². The predicted molar refractivity (Wildman–Crippen MR) is 137 cm³/mol. The second kappa shape index (κ2) is 9.93. The van der Waals surface area contributed by atoms with Crippen LogP contribution in [0.3, 0.4) is 0 Å². The molecule has 3 heterocycles. The van der Waals surface area contributed by atoms with Gasteiger partial charge in [-0.2, -0.15) is 0 Å². The third-order valence-electron chi connectivity index (χ3n) is 5.87. The Morgan fingerprint density at radius 2 is 1.78 bits per heavy atom. The van der Waals surface area contributed by atoms with Gasteiger partial charge in [0.05, 0.1) is 23.2 Å². The minimum atomic E-state index is -0.833. The number of amides is 2. The van der Waals surface area contributed by atoms with E-state index in [4.69, 9.17) is 32.7 Å². The third-order valence-corrected chi connectivity index (χ3v) is 8.75. The molecule has 1 aromatic heterocycles. The number of thiazole rings is 1. The molecule has 8 nitrogen and oxygen atoms in total. The summed E-state index contributed by atoms with van der Waals surface area (Å²) < 4.78 is 10.7. The summed E-state index contributed by atoms with van der Waals surface area (Å²) >= 11 is 14.5. The Bertz CT molecular complexity index is 1420. The summed E-state index contributed by atoms with van der Waals surface area (Å²) in [5.74, 6) is -2.59.